The molecule has 0 aliphatic rings. The van der Waals surface area contributed by atoms with Crippen LogP contribution < -0.4 is 15.2 Å². The topological polar surface area (TPSA) is 117 Å². The van der Waals surface area contributed by atoms with Crippen LogP contribution in [0.2, 0.25) is 0 Å². The van der Waals surface area contributed by atoms with Crippen LogP contribution in [-0.2, 0) is 17.9 Å². The van der Waals surface area contributed by atoms with Crippen molar-refractivity contribution in [1.82, 2.24) is 9.47 Å². The van der Waals surface area contributed by atoms with Gasteiger partial charge in [0.05, 0.1) is 30.2 Å². The third kappa shape index (κ3) is 5.51. The van der Waals surface area contributed by atoms with Gasteiger partial charge in [-0.25, -0.2) is 4.79 Å². The number of nitrogens with zero attached hydrogens (tertiary/aromatic N) is 3. The third-order valence-electron chi connectivity index (χ3n) is 5.27. The SMILES string of the molecule is CCOc1ccc(CN(CC)C(=O)CCCn2c(=O)oc3cc([N+](=O)[O-])ccc32)cc1OC. The average Bonchev–Trinajstić information content (AvgIpc) is 3.12. The molecule has 2 aromatic carbocycles. The zero-order chi connectivity index (χ0) is 24.0. The van der Waals surface area contributed by atoms with Gasteiger partial charge < -0.3 is 18.8 Å². The molecule has 0 unspecified atom stereocenters. The number of hydrogen-bond donors (Lipinski definition) is 0. The number of carbonyl (C=O) groups is 1. The predicted octanol–water partition coefficient (Wildman–Crippen LogP) is 3.74. The van der Waals surface area contributed by atoms with E-state index in [2.05, 4.69) is 0 Å². The van der Waals surface area contributed by atoms with Gasteiger partial charge in [-0.3, -0.25) is 19.5 Å². The molecular formula is C23H27N3O7. The van der Waals surface area contributed by atoms with Crippen molar-refractivity contribution < 1.29 is 23.6 Å². The summed E-state index contributed by atoms with van der Waals surface area (Å²) in [6.07, 6.45) is 0.668. The number of fused-ring (bicyclic) bond motifs is 1. The van der Waals surface area contributed by atoms with Crippen molar-refractivity contribution in [1.29, 1.82) is 0 Å². The predicted molar refractivity (Wildman–Crippen MR) is 122 cm³/mol. The fourth-order valence-electron chi connectivity index (χ4n) is 3.61. The Morgan fingerprint density at radius 3 is 2.64 bits per heavy atom. The Kier molecular flexibility index (Phi) is 7.70. The first-order valence-electron chi connectivity index (χ1n) is 10.7. The second-order valence-corrected chi connectivity index (χ2v) is 7.36. The number of non-ortho nitro benzene ring substituents is 1. The molecule has 0 atom stereocenters. The van der Waals surface area contributed by atoms with Gasteiger partial charge in [0.1, 0.15) is 0 Å². The second-order valence-electron chi connectivity index (χ2n) is 7.36. The molecule has 0 aliphatic heterocycles. The van der Waals surface area contributed by atoms with Crippen molar-refractivity contribution in [3.63, 3.8) is 0 Å². The van der Waals surface area contributed by atoms with E-state index in [1.165, 1.54) is 22.8 Å². The molecule has 0 fully saturated rings. The molecule has 3 aromatic rings. The van der Waals surface area contributed by atoms with Crippen molar-refractivity contribution in [2.24, 2.45) is 0 Å². The van der Waals surface area contributed by atoms with Crippen LogP contribution >= 0.6 is 0 Å². The zero-order valence-electron chi connectivity index (χ0n) is 18.9. The van der Waals surface area contributed by atoms with E-state index in [1.807, 2.05) is 32.0 Å². The first-order chi connectivity index (χ1) is 15.9. The van der Waals surface area contributed by atoms with Crippen molar-refractivity contribution in [3.05, 3.63) is 62.6 Å². The summed E-state index contributed by atoms with van der Waals surface area (Å²) in [4.78, 5) is 37.0. The maximum absolute atomic E-state index is 12.8. The molecule has 0 aliphatic carbocycles. The van der Waals surface area contributed by atoms with Gasteiger partial charge >= 0.3 is 5.76 Å². The summed E-state index contributed by atoms with van der Waals surface area (Å²) in [5, 5.41) is 10.9. The van der Waals surface area contributed by atoms with Crippen molar-refractivity contribution in [2.75, 3.05) is 20.3 Å². The Balaban J connectivity index is 1.63. The number of hydrogen-bond acceptors (Lipinski definition) is 7. The largest absolute Gasteiger partial charge is 0.493 e. The van der Waals surface area contributed by atoms with Gasteiger partial charge in [0, 0.05) is 32.1 Å². The lowest BCUT2D eigenvalue weighted by Gasteiger charge is -2.22. The van der Waals surface area contributed by atoms with Crippen LogP contribution in [0.1, 0.15) is 32.3 Å². The van der Waals surface area contributed by atoms with E-state index < -0.39 is 10.7 Å². The smallest absolute Gasteiger partial charge is 0.419 e. The summed E-state index contributed by atoms with van der Waals surface area (Å²) >= 11 is 0. The number of ether oxygens (including phenoxy) is 2. The molecule has 1 amide bonds. The fourth-order valence-corrected chi connectivity index (χ4v) is 3.61. The quantitative estimate of drug-likeness (QED) is 0.318. The van der Waals surface area contributed by atoms with E-state index >= 15 is 0 Å². The molecule has 10 nitrogen and oxygen atoms in total. The number of methoxy groups -OCH3 is 1. The Morgan fingerprint density at radius 2 is 1.97 bits per heavy atom. The van der Waals surface area contributed by atoms with E-state index in [4.69, 9.17) is 13.9 Å². The molecule has 10 heteroatoms. The highest BCUT2D eigenvalue weighted by atomic mass is 16.6. The average molecular weight is 457 g/mol. The molecule has 3 rings (SSSR count). The Labute approximate surface area is 190 Å². The van der Waals surface area contributed by atoms with E-state index in [0.29, 0.717) is 43.1 Å². The minimum absolute atomic E-state index is 0.0400. The summed E-state index contributed by atoms with van der Waals surface area (Å²) in [5.41, 5.74) is 1.39. The summed E-state index contributed by atoms with van der Waals surface area (Å²) in [5.74, 6) is 0.624. The molecule has 176 valence electrons. The molecule has 0 saturated heterocycles. The number of nitro groups is 1. The van der Waals surface area contributed by atoms with Crippen LogP contribution in [0.3, 0.4) is 0 Å². The Hall–Kier alpha value is -3.82. The lowest BCUT2D eigenvalue weighted by atomic mass is 10.1. The molecular weight excluding hydrogens is 430 g/mol. The van der Waals surface area contributed by atoms with Gasteiger partial charge in [-0.2, -0.15) is 0 Å². The van der Waals surface area contributed by atoms with E-state index in [-0.39, 0.29) is 30.1 Å². The molecule has 33 heavy (non-hydrogen) atoms. The van der Waals surface area contributed by atoms with Crippen LogP contribution in [-0.4, -0.2) is 40.6 Å². The summed E-state index contributed by atoms with van der Waals surface area (Å²) in [6.45, 7) is 5.56. The highest BCUT2D eigenvalue weighted by Crippen LogP contribution is 2.28. The Bertz CT molecular complexity index is 1200. The summed E-state index contributed by atoms with van der Waals surface area (Å²) < 4.78 is 17.4. The minimum Gasteiger partial charge on any atom is -0.493 e. The zero-order valence-corrected chi connectivity index (χ0v) is 18.9. The van der Waals surface area contributed by atoms with Gasteiger partial charge in [-0.1, -0.05) is 6.07 Å². The normalized spacial score (nSPS) is 10.9. The number of nitro benzene ring substituents is 1. The van der Waals surface area contributed by atoms with Crippen molar-refractivity contribution in [2.45, 2.75) is 39.8 Å². The fraction of sp³-hybridized carbons (Fsp3) is 0.391. The van der Waals surface area contributed by atoms with Gasteiger partial charge in [0.25, 0.3) is 5.69 Å². The number of benzene rings is 2. The molecule has 0 saturated carbocycles. The van der Waals surface area contributed by atoms with Crippen LogP contribution in [0, 0.1) is 10.1 Å². The molecule has 0 radical (unpaired) electrons. The summed E-state index contributed by atoms with van der Waals surface area (Å²) in [6, 6.07) is 9.62. The van der Waals surface area contributed by atoms with Crippen LogP contribution in [0.25, 0.3) is 11.1 Å². The van der Waals surface area contributed by atoms with E-state index in [1.54, 1.807) is 12.0 Å². The molecule has 0 N–H and O–H groups in total. The van der Waals surface area contributed by atoms with Crippen LogP contribution in [0.15, 0.2) is 45.6 Å². The van der Waals surface area contributed by atoms with E-state index in [0.717, 1.165) is 5.56 Å². The number of aromatic nitrogens is 1. The maximum Gasteiger partial charge on any atom is 0.419 e. The van der Waals surface area contributed by atoms with Crippen molar-refractivity contribution >= 4 is 22.7 Å². The second kappa shape index (κ2) is 10.7. The van der Waals surface area contributed by atoms with Gasteiger partial charge in [-0.15, -0.1) is 0 Å². The molecule has 0 spiro atoms. The number of rotatable bonds is 11. The van der Waals surface area contributed by atoms with Crippen LogP contribution in [0.5, 0.6) is 11.5 Å². The highest BCUT2D eigenvalue weighted by Gasteiger charge is 2.17. The van der Waals surface area contributed by atoms with Gasteiger partial charge in [0.2, 0.25) is 5.91 Å². The number of carbonyl (C=O) groups excluding carboxylic acids is 1. The minimum atomic E-state index is -0.605. The number of oxazole rings is 1. The first-order valence-corrected chi connectivity index (χ1v) is 10.7. The van der Waals surface area contributed by atoms with Gasteiger partial charge in [-0.05, 0) is 44.0 Å². The first kappa shape index (κ1) is 23.8. The maximum atomic E-state index is 12.8. The lowest BCUT2D eigenvalue weighted by Crippen LogP contribution is -2.30. The van der Waals surface area contributed by atoms with Crippen LogP contribution in [0.4, 0.5) is 5.69 Å². The standard InChI is InChI=1S/C23H27N3O7/c1-4-24(15-16-8-11-19(32-5-2)21(13-16)31-3)22(27)7-6-12-25-18-10-9-17(26(29)30)14-20(18)33-23(25)28/h8-11,13-14H,4-7,12,15H2,1-3H3. The highest BCUT2D eigenvalue weighted by molar-refractivity contribution is 5.77. The third-order valence-corrected chi connectivity index (χ3v) is 5.27. The molecule has 0 bridgehead atoms. The van der Waals surface area contributed by atoms with Gasteiger partial charge in [0.15, 0.2) is 17.1 Å². The monoisotopic (exact) mass is 457 g/mol. The number of aryl methyl sites for hydroxylation is 1. The lowest BCUT2D eigenvalue weighted by molar-refractivity contribution is -0.384. The van der Waals surface area contributed by atoms with E-state index in [9.17, 15) is 19.7 Å². The summed E-state index contributed by atoms with van der Waals surface area (Å²) in [7, 11) is 1.57. The molecule has 1 aromatic heterocycles. The Morgan fingerprint density at radius 1 is 1.18 bits per heavy atom. The number of amides is 1. The van der Waals surface area contributed by atoms with Crippen molar-refractivity contribution in [3.8, 4) is 11.5 Å². The molecule has 1 heterocycles.